The molecule has 132 valence electrons. The van der Waals surface area contributed by atoms with Gasteiger partial charge < -0.3 is 19.5 Å². The lowest BCUT2D eigenvalue weighted by Gasteiger charge is -2.15. The van der Waals surface area contributed by atoms with Crippen molar-refractivity contribution in [3.8, 4) is 17.4 Å². The zero-order chi connectivity index (χ0) is 17.1. The third kappa shape index (κ3) is 3.90. The smallest absolute Gasteiger partial charge is 0.231 e. The van der Waals surface area contributed by atoms with E-state index >= 15 is 0 Å². The monoisotopic (exact) mass is 404 g/mol. The molecule has 2 heterocycles. The molecule has 1 aromatic carbocycles. The van der Waals surface area contributed by atoms with Crippen molar-refractivity contribution in [1.29, 1.82) is 0 Å². The summed E-state index contributed by atoms with van der Waals surface area (Å²) in [5, 5.41) is 3.46. The molecule has 25 heavy (non-hydrogen) atoms. The van der Waals surface area contributed by atoms with E-state index in [1.54, 1.807) is 6.20 Å². The van der Waals surface area contributed by atoms with Gasteiger partial charge in [0.2, 0.25) is 12.7 Å². The first kappa shape index (κ1) is 16.7. The number of rotatable bonds is 6. The fraction of sp³-hybridized carbons (Fsp3) is 0.421. The van der Waals surface area contributed by atoms with Gasteiger partial charge in [-0.05, 0) is 65.4 Å². The first-order valence-corrected chi connectivity index (χ1v) is 9.48. The molecule has 1 aliphatic heterocycles. The van der Waals surface area contributed by atoms with Crippen LogP contribution in [0, 0.1) is 0 Å². The molecule has 0 saturated heterocycles. The number of aromatic nitrogens is 1. The summed E-state index contributed by atoms with van der Waals surface area (Å²) < 4.78 is 17.9. The summed E-state index contributed by atoms with van der Waals surface area (Å²) in [6.07, 6.45) is 6.89. The molecule has 0 unspecified atom stereocenters. The summed E-state index contributed by atoms with van der Waals surface area (Å²) >= 11 is 3.53. The van der Waals surface area contributed by atoms with Crippen LogP contribution in [0.25, 0.3) is 0 Å². The minimum absolute atomic E-state index is 0.280. The van der Waals surface area contributed by atoms with Crippen LogP contribution in [0.3, 0.4) is 0 Å². The lowest BCUT2D eigenvalue weighted by molar-refractivity contribution is 0.173. The summed E-state index contributed by atoms with van der Waals surface area (Å²) in [5.41, 5.74) is 2.23. The molecule has 4 rings (SSSR count). The molecule has 1 saturated carbocycles. The van der Waals surface area contributed by atoms with Gasteiger partial charge in [-0.15, -0.1) is 0 Å². The van der Waals surface area contributed by atoms with Crippen LogP contribution < -0.4 is 19.5 Å². The van der Waals surface area contributed by atoms with Crippen LogP contribution in [0.4, 0.5) is 0 Å². The highest BCUT2D eigenvalue weighted by atomic mass is 79.9. The molecule has 0 spiro atoms. The molecule has 2 aromatic rings. The number of hydrogen-bond donors (Lipinski definition) is 1. The Kier molecular flexibility index (Phi) is 5.08. The summed E-state index contributed by atoms with van der Waals surface area (Å²) in [7, 11) is 0. The summed E-state index contributed by atoms with van der Waals surface area (Å²) in [6.45, 7) is 1.72. The molecule has 0 amide bonds. The number of benzene rings is 1. The molecular formula is C19H21BrN2O3. The van der Waals surface area contributed by atoms with Gasteiger partial charge in [-0.2, -0.15) is 0 Å². The highest BCUT2D eigenvalue weighted by Crippen LogP contribution is 2.40. The number of fused-ring (bicyclic) bond motifs is 1. The Morgan fingerprint density at radius 3 is 2.96 bits per heavy atom. The minimum Gasteiger partial charge on any atom is -0.474 e. The van der Waals surface area contributed by atoms with Gasteiger partial charge in [-0.1, -0.05) is 6.07 Å². The second-order valence-corrected chi connectivity index (χ2v) is 7.26. The zero-order valence-corrected chi connectivity index (χ0v) is 15.5. The third-order valence-corrected chi connectivity index (χ3v) is 5.15. The number of nitrogens with zero attached hydrogens (tertiary/aromatic N) is 1. The van der Waals surface area contributed by atoms with E-state index in [4.69, 9.17) is 14.2 Å². The molecule has 1 N–H and O–H groups in total. The SMILES string of the molecule is Brc1cc(CNCc2cccnc2OC2CCCC2)cc2c1OCO2. The summed E-state index contributed by atoms with van der Waals surface area (Å²) in [6, 6.07) is 8.09. The van der Waals surface area contributed by atoms with Gasteiger partial charge in [0.05, 0.1) is 4.47 Å². The standard InChI is InChI=1S/C19H21BrN2O3/c20-16-8-13(9-17-18(16)24-12-23-17)10-21-11-14-4-3-7-22-19(14)25-15-5-1-2-6-15/h3-4,7-9,15,21H,1-2,5-6,10-12H2. The highest BCUT2D eigenvalue weighted by Gasteiger charge is 2.19. The van der Waals surface area contributed by atoms with Crippen LogP contribution in [0.2, 0.25) is 0 Å². The predicted molar refractivity (Wildman–Crippen MR) is 97.9 cm³/mol. The first-order chi connectivity index (χ1) is 12.3. The van der Waals surface area contributed by atoms with Crippen molar-refractivity contribution in [2.75, 3.05) is 6.79 Å². The van der Waals surface area contributed by atoms with E-state index in [9.17, 15) is 0 Å². The van der Waals surface area contributed by atoms with E-state index in [0.717, 1.165) is 52.4 Å². The van der Waals surface area contributed by atoms with Crippen LogP contribution in [0.1, 0.15) is 36.8 Å². The van der Waals surface area contributed by atoms with Crippen molar-refractivity contribution < 1.29 is 14.2 Å². The Morgan fingerprint density at radius 2 is 2.08 bits per heavy atom. The van der Waals surface area contributed by atoms with Gasteiger partial charge in [-0.3, -0.25) is 0 Å². The van der Waals surface area contributed by atoms with E-state index in [1.165, 1.54) is 12.8 Å². The average molecular weight is 405 g/mol. The van der Waals surface area contributed by atoms with Gasteiger partial charge in [0.1, 0.15) is 6.10 Å². The van der Waals surface area contributed by atoms with Crippen molar-refractivity contribution in [2.24, 2.45) is 0 Å². The molecule has 1 aromatic heterocycles. The van der Waals surface area contributed by atoms with Crippen LogP contribution in [-0.4, -0.2) is 17.9 Å². The maximum Gasteiger partial charge on any atom is 0.231 e. The fourth-order valence-electron chi connectivity index (χ4n) is 3.29. The fourth-order valence-corrected chi connectivity index (χ4v) is 3.90. The van der Waals surface area contributed by atoms with Gasteiger partial charge in [-0.25, -0.2) is 4.98 Å². The maximum atomic E-state index is 6.09. The topological polar surface area (TPSA) is 52.6 Å². The molecular weight excluding hydrogens is 384 g/mol. The predicted octanol–water partition coefficient (Wildman–Crippen LogP) is 4.18. The molecule has 2 aliphatic rings. The second-order valence-electron chi connectivity index (χ2n) is 6.41. The zero-order valence-electron chi connectivity index (χ0n) is 14.0. The van der Waals surface area contributed by atoms with E-state index in [1.807, 2.05) is 12.1 Å². The van der Waals surface area contributed by atoms with Gasteiger partial charge >= 0.3 is 0 Å². The van der Waals surface area contributed by atoms with Crippen LogP contribution in [0.15, 0.2) is 34.9 Å². The summed E-state index contributed by atoms with van der Waals surface area (Å²) in [5.74, 6) is 2.33. The molecule has 0 bridgehead atoms. The Morgan fingerprint density at radius 1 is 1.20 bits per heavy atom. The molecule has 0 atom stereocenters. The molecule has 5 nitrogen and oxygen atoms in total. The number of ether oxygens (including phenoxy) is 3. The third-order valence-electron chi connectivity index (χ3n) is 4.56. The lowest BCUT2D eigenvalue weighted by atomic mass is 10.2. The largest absolute Gasteiger partial charge is 0.474 e. The quantitative estimate of drug-likeness (QED) is 0.782. The molecule has 0 radical (unpaired) electrons. The minimum atomic E-state index is 0.280. The highest BCUT2D eigenvalue weighted by molar-refractivity contribution is 9.10. The second kappa shape index (κ2) is 7.62. The van der Waals surface area contributed by atoms with Crippen LogP contribution in [-0.2, 0) is 13.1 Å². The number of halogens is 1. The van der Waals surface area contributed by atoms with Gasteiger partial charge in [0, 0.05) is 24.8 Å². The van der Waals surface area contributed by atoms with E-state index in [2.05, 4.69) is 38.4 Å². The van der Waals surface area contributed by atoms with Crippen molar-refractivity contribution in [1.82, 2.24) is 10.3 Å². The maximum absolute atomic E-state index is 6.09. The van der Waals surface area contributed by atoms with E-state index in [-0.39, 0.29) is 6.79 Å². The van der Waals surface area contributed by atoms with Crippen molar-refractivity contribution >= 4 is 15.9 Å². The molecule has 1 aliphatic carbocycles. The van der Waals surface area contributed by atoms with Gasteiger partial charge in [0.25, 0.3) is 0 Å². The van der Waals surface area contributed by atoms with Crippen LogP contribution in [0.5, 0.6) is 17.4 Å². The van der Waals surface area contributed by atoms with E-state index in [0.29, 0.717) is 12.6 Å². The van der Waals surface area contributed by atoms with E-state index < -0.39 is 0 Å². The normalized spacial score (nSPS) is 16.4. The molecule has 1 fully saturated rings. The first-order valence-electron chi connectivity index (χ1n) is 8.69. The molecule has 6 heteroatoms. The summed E-state index contributed by atoms with van der Waals surface area (Å²) in [4.78, 5) is 4.42. The Hall–Kier alpha value is -1.79. The number of nitrogens with one attached hydrogen (secondary N) is 1. The number of pyridine rings is 1. The van der Waals surface area contributed by atoms with Crippen molar-refractivity contribution in [3.05, 3.63) is 46.1 Å². The van der Waals surface area contributed by atoms with Crippen LogP contribution >= 0.6 is 15.9 Å². The lowest BCUT2D eigenvalue weighted by Crippen LogP contribution is -2.17. The average Bonchev–Trinajstić information content (AvgIpc) is 3.28. The van der Waals surface area contributed by atoms with Crippen molar-refractivity contribution in [2.45, 2.75) is 44.9 Å². The van der Waals surface area contributed by atoms with Gasteiger partial charge in [0.15, 0.2) is 11.5 Å². The Labute approximate surface area is 155 Å². The number of hydrogen-bond acceptors (Lipinski definition) is 5. The Balaban J connectivity index is 1.38. The van der Waals surface area contributed by atoms with Crippen molar-refractivity contribution in [3.63, 3.8) is 0 Å². The Bertz CT molecular complexity index is 747.